The number of hydrogen-bond acceptors (Lipinski definition) is 3. The van der Waals surface area contributed by atoms with Gasteiger partial charge in [0.15, 0.2) is 0 Å². The Hall–Kier alpha value is -1.14. The molecule has 24 heavy (non-hydrogen) atoms. The van der Waals surface area contributed by atoms with E-state index in [9.17, 15) is 14.7 Å². The number of rotatable bonds is 5. The van der Waals surface area contributed by atoms with Crippen LogP contribution in [0.15, 0.2) is 0 Å². The van der Waals surface area contributed by atoms with Crippen molar-refractivity contribution in [3.05, 3.63) is 0 Å². The first-order valence-corrected chi connectivity index (χ1v) is 9.43. The molecule has 5 rings (SSSR count). The fourth-order valence-corrected chi connectivity index (χ4v) is 6.08. The summed E-state index contributed by atoms with van der Waals surface area (Å²) in [5.74, 6) is 2.41. The van der Waals surface area contributed by atoms with E-state index in [1.165, 1.54) is 38.5 Å². The van der Waals surface area contributed by atoms with Gasteiger partial charge in [-0.1, -0.05) is 0 Å². The fourth-order valence-electron chi connectivity index (χ4n) is 6.08. The van der Waals surface area contributed by atoms with Crippen LogP contribution in [0.2, 0.25) is 0 Å². The Kier molecular flexibility index (Phi) is 3.69. The van der Waals surface area contributed by atoms with Gasteiger partial charge in [0.25, 0.3) is 5.91 Å². The van der Waals surface area contributed by atoms with Crippen molar-refractivity contribution in [1.29, 1.82) is 0 Å². The lowest BCUT2D eigenvalue weighted by Crippen LogP contribution is -3.00. The number of β-amino-alcohol motifs (C(OH)–C–C–N with tert-alkyl or cyclic N) is 1. The summed E-state index contributed by atoms with van der Waals surface area (Å²) in [5.41, 5.74) is -0.549. The summed E-state index contributed by atoms with van der Waals surface area (Å²) in [5, 5.41) is 15.4. The summed E-state index contributed by atoms with van der Waals surface area (Å²) in [6, 6.07) is -0.390. The van der Waals surface area contributed by atoms with E-state index >= 15 is 0 Å². The molecule has 0 aromatic carbocycles. The summed E-state index contributed by atoms with van der Waals surface area (Å²) in [4.78, 5) is 25.3. The SMILES string of the molecule is CC1(C)NC(=O)N(C[C@@H](O)C[NH2+]C23CC4CC(CC(C4)C2)C3)C1=O. The highest BCUT2D eigenvalue weighted by atomic mass is 16.3. The fraction of sp³-hybridized carbons (Fsp3) is 0.889. The third-order valence-electron chi connectivity index (χ3n) is 6.75. The standard InChI is InChI=1S/C18H29N3O3/c1-17(2)15(23)21(16(24)20-17)10-14(22)9-19-18-6-11-3-12(7-18)5-13(4-11)8-18/h11-14,19,22H,3-10H2,1-2H3,(H,20,24)/p+1/t11?,12?,13?,14-,18?/m0/s1. The van der Waals surface area contributed by atoms with Gasteiger partial charge in [-0.15, -0.1) is 0 Å². The molecule has 1 aliphatic heterocycles. The minimum absolute atomic E-state index is 0.0942. The predicted octanol–water partition coefficient (Wildman–Crippen LogP) is 0.210. The van der Waals surface area contributed by atoms with E-state index in [1.54, 1.807) is 13.8 Å². The summed E-state index contributed by atoms with van der Waals surface area (Å²) >= 11 is 0. The molecule has 0 unspecified atom stereocenters. The predicted molar refractivity (Wildman–Crippen MR) is 88.0 cm³/mol. The van der Waals surface area contributed by atoms with Crippen LogP contribution >= 0.6 is 0 Å². The van der Waals surface area contributed by atoms with Gasteiger partial charge in [-0.25, -0.2) is 4.79 Å². The number of amides is 3. The molecular formula is C18H30N3O3+. The van der Waals surface area contributed by atoms with Gasteiger partial charge in [0, 0.05) is 19.3 Å². The smallest absolute Gasteiger partial charge is 0.325 e. The molecule has 4 bridgehead atoms. The molecule has 5 aliphatic rings. The maximum atomic E-state index is 12.2. The summed E-state index contributed by atoms with van der Waals surface area (Å²) in [6.07, 6.45) is 7.40. The first kappa shape index (κ1) is 16.3. The molecule has 1 heterocycles. The van der Waals surface area contributed by atoms with Gasteiger partial charge >= 0.3 is 6.03 Å². The van der Waals surface area contributed by atoms with Crippen LogP contribution in [0.3, 0.4) is 0 Å². The van der Waals surface area contributed by atoms with Gasteiger partial charge in [-0.05, 0) is 50.9 Å². The highest BCUT2D eigenvalue weighted by Crippen LogP contribution is 2.54. The molecule has 4 aliphatic carbocycles. The summed E-state index contributed by atoms with van der Waals surface area (Å²) < 4.78 is 0. The Morgan fingerprint density at radius 2 is 1.71 bits per heavy atom. The molecule has 0 radical (unpaired) electrons. The highest BCUT2D eigenvalue weighted by molar-refractivity contribution is 6.06. The maximum Gasteiger partial charge on any atom is 0.325 e. The van der Waals surface area contributed by atoms with Crippen molar-refractivity contribution in [3.63, 3.8) is 0 Å². The van der Waals surface area contributed by atoms with Crippen molar-refractivity contribution in [2.24, 2.45) is 17.8 Å². The number of aliphatic hydroxyl groups is 1. The van der Waals surface area contributed by atoms with E-state index in [1.807, 2.05) is 0 Å². The molecule has 4 saturated carbocycles. The van der Waals surface area contributed by atoms with Crippen LogP contribution < -0.4 is 10.6 Å². The van der Waals surface area contributed by atoms with Crippen LogP contribution in [0.25, 0.3) is 0 Å². The second kappa shape index (κ2) is 5.43. The van der Waals surface area contributed by atoms with Gasteiger partial charge in [0.2, 0.25) is 0 Å². The zero-order chi connectivity index (χ0) is 17.1. The van der Waals surface area contributed by atoms with Crippen LogP contribution in [0.5, 0.6) is 0 Å². The number of nitrogens with zero attached hydrogens (tertiary/aromatic N) is 1. The van der Waals surface area contributed by atoms with Crippen LogP contribution in [0.4, 0.5) is 4.79 Å². The Morgan fingerprint density at radius 3 is 2.17 bits per heavy atom. The normalized spacial score (nSPS) is 41.0. The number of hydrogen-bond donors (Lipinski definition) is 3. The van der Waals surface area contributed by atoms with E-state index in [4.69, 9.17) is 0 Å². The van der Waals surface area contributed by atoms with Crippen molar-refractivity contribution >= 4 is 11.9 Å². The van der Waals surface area contributed by atoms with Crippen molar-refractivity contribution in [2.45, 2.75) is 69.6 Å². The molecule has 4 N–H and O–H groups in total. The maximum absolute atomic E-state index is 12.2. The van der Waals surface area contributed by atoms with Crippen molar-refractivity contribution in [3.8, 4) is 0 Å². The number of imide groups is 1. The average Bonchev–Trinajstić information content (AvgIpc) is 2.66. The first-order chi connectivity index (χ1) is 11.3. The Morgan fingerprint density at radius 1 is 1.17 bits per heavy atom. The average molecular weight is 336 g/mol. The molecule has 134 valence electrons. The number of nitrogens with one attached hydrogen (secondary N) is 1. The molecule has 0 spiro atoms. The molecular weight excluding hydrogens is 306 g/mol. The second-order valence-electron chi connectivity index (χ2n) is 9.34. The third-order valence-corrected chi connectivity index (χ3v) is 6.75. The van der Waals surface area contributed by atoms with E-state index < -0.39 is 11.6 Å². The number of quaternary nitrogens is 1. The Balaban J connectivity index is 1.33. The number of aliphatic hydroxyl groups excluding tert-OH is 1. The van der Waals surface area contributed by atoms with Gasteiger partial charge in [-0.2, -0.15) is 0 Å². The lowest BCUT2D eigenvalue weighted by atomic mass is 9.53. The number of nitrogens with two attached hydrogens (primary N) is 1. The zero-order valence-corrected chi connectivity index (χ0v) is 14.8. The van der Waals surface area contributed by atoms with E-state index in [0.29, 0.717) is 12.1 Å². The van der Waals surface area contributed by atoms with Crippen molar-refractivity contribution in [1.82, 2.24) is 10.2 Å². The minimum atomic E-state index is -0.861. The lowest BCUT2D eigenvalue weighted by molar-refractivity contribution is -0.743. The molecule has 6 nitrogen and oxygen atoms in total. The number of urea groups is 1. The van der Waals surface area contributed by atoms with Crippen LogP contribution in [-0.2, 0) is 4.79 Å². The highest BCUT2D eigenvalue weighted by Gasteiger charge is 2.53. The van der Waals surface area contributed by atoms with E-state index in [2.05, 4.69) is 10.6 Å². The van der Waals surface area contributed by atoms with Crippen LogP contribution in [0.1, 0.15) is 52.4 Å². The van der Waals surface area contributed by atoms with Crippen molar-refractivity contribution in [2.75, 3.05) is 13.1 Å². The summed E-state index contributed by atoms with van der Waals surface area (Å²) in [6.45, 7) is 4.06. The minimum Gasteiger partial charge on any atom is -0.385 e. The van der Waals surface area contributed by atoms with Crippen molar-refractivity contribution < 1.29 is 20.0 Å². The lowest BCUT2D eigenvalue weighted by Gasteiger charge is -2.54. The van der Waals surface area contributed by atoms with Gasteiger partial charge in [-0.3, -0.25) is 9.69 Å². The molecule has 1 saturated heterocycles. The molecule has 0 aromatic rings. The monoisotopic (exact) mass is 336 g/mol. The molecule has 0 aromatic heterocycles. The number of carbonyl (C=O) groups excluding carboxylic acids is 2. The summed E-state index contributed by atoms with van der Waals surface area (Å²) in [7, 11) is 0. The van der Waals surface area contributed by atoms with E-state index in [-0.39, 0.29) is 18.5 Å². The first-order valence-electron chi connectivity index (χ1n) is 9.43. The molecule has 3 amide bonds. The molecule has 6 heteroatoms. The third kappa shape index (κ3) is 2.73. The quantitative estimate of drug-likeness (QED) is 0.627. The largest absolute Gasteiger partial charge is 0.385 e. The van der Waals surface area contributed by atoms with Gasteiger partial charge < -0.3 is 15.7 Å². The van der Waals surface area contributed by atoms with Crippen LogP contribution in [-0.4, -0.2) is 52.2 Å². The molecule has 1 atom stereocenters. The zero-order valence-electron chi connectivity index (χ0n) is 14.8. The number of carbonyl (C=O) groups is 2. The van der Waals surface area contributed by atoms with E-state index in [0.717, 1.165) is 22.7 Å². The topological polar surface area (TPSA) is 86.2 Å². The second-order valence-corrected chi connectivity index (χ2v) is 9.34. The van der Waals surface area contributed by atoms with Crippen LogP contribution in [0, 0.1) is 17.8 Å². The Bertz CT molecular complexity index is 524. The van der Waals surface area contributed by atoms with Gasteiger partial charge in [0.05, 0.1) is 12.1 Å². The van der Waals surface area contributed by atoms with Gasteiger partial charge in [0.1, 0.15) is 18.2 Å². The molecule has 5 fully saturated rings. The Labute approximate surface area is 143 Å².